The average Bonchev–Trinajstić information content (AvgIpc) is 3.57. The van der Waals surface area contributed by atoms with Gasteiger partial charge in [-0.15, -0.1) is 0 Å². The fourth-order valence-electron chi connectivity index (χ4n) is 10.5. The monoisotopic (exact) mass is 555 g/mol. The number of carbonyl (C=O) groups is 1. The molecule has 4 aliphatic carbocycles. The molecule has 1 aromatic heterocycles. The molecule has 0 N–H and O–H groups in total. The summed E-state index contributed by atoms with van der Waals surface area (Å²) in [5.74, 6) is 5.52. The first kappa shape index (κ1) is 28.9. The molecule has 0 unspecified atom stereocenters. The van der Waals surface area contributed by atoms with E-state index in [-0.39, 0.29) is 5.78 Å². The van der Waals surface area contributed by atoms with E-state index in [1.54, 1.807) is 5.57 Å². The molecule has 3 heteroatoms. The Bertz CT molecular complexity index is 1240. The van der Waals surface area contributed by atoms with E-state index in [0.717, 1.165) is 41.1 Å². The summed E-state index contributed by atoms with van der Waals surface area (Å²) in [5.41, 5.74) is 3.48. The SMILES string of the molecule is CC(C)CCC[C@@H](C)[C@H]1CC[C@H]2[C@@H]3CC=C4C[C@H](n5cc[n+](CC(=O)c6ccccc6)c5)CC[C@]4(C)[C@H]3CC[C@]12C. The Morgan fingerprint density at radius 1 is 1.00 bits per heavy atom. The van der Waals surface area contributed by atoms with Crippen LogP contribution in [0.3, 0.4) is 0 Å². The number of ketones is 1. The highest BCUT2D eigenvalue weighted by Gasteiger charge is 2.59. The van der Waals surface area contributed by atoms with E-state index >= 15 is 0 Å². The average molecular weight is 556 g/mol. The molecule has 0 radical (unpaired) electrons. The Morgan fingerprint density at radius 2 is 1.80 bits per heavy atom. The Kier molecular flexibility index (Phi) is 8.11. The van der Waals surface area contributed by atoms with Crippen molar-refractivity contribution in [3.05, 3.63) is 66.3 Å². The number of carbonyl (C=O) groups excluding carboxylic acids is 1. The van der Waals surface area contributed by atoms with Gasteiger partial charge in [0.05, 0.1) is 0 Å². The molecule has 6 rings (SSSR count). The van der Waals surface area contributed by atoms with Gasteiger partial charge in [0, 0.05) is 12.0 Å². The Labute approximate surface area is 249 Å². The van der Waals surface area contributed by atoms with Crippen LogP contribution in [0.25, 0.3) is 0 Å². The van der Waals surface area contributed by atoms with Crippen LogP contribution in [0.1, 0.15) is 122 Å². The summed E-state index contributed by atoms with van der Waals surface area (Å²) >= 11 is 0. The zero-order valence-corrected chi connectivity index (χ0v) is 26.5. The molecule has 3 nitrogen and oxygen atoms in total. The van der Waals surface area contributed by atoms with Crippen molar-refractivity contribution in [3.8, 4) is 0 Å². The number of hydrogen-bond acceptors (Lipinski definition) is 1. The molecule has 2 aromatic rings. The van der Waals surface area contributed by atoms with Gasteiger partial charge >= 0.3 is 0 Å². The molecule has 0 bridgehead atoms. The van der Waals surface area contributed by atoms with E-state index in [0.29, 0.717) is 23.4 Å². The third kappa shape index (κ3) is 5.40. The van der Waals surface area contributed by atoms with Gasteiger partial charge in [-0.1, -0.05) is 95.9 Å². The minimum Gasteiger partial charge on any atom is -0.290 e. The number of imidazole rings is 1. The largest absolute Gasteiger partial charge is 0.290 e. The molecule has 4 aliphatic rings. The first-order valence-electron chi connectivity index (χ1n) is 17.0. The molecular formula is C38H55N2O+. The zero-order chi connectivity index (χ0) is 28.8. The minimum absolute atomic E-state index is 0.175. The van der Waals surface area contributed by atoms with E-state index in [1.807, 2.05) is 30.3 Å². The van der Waals surface area contributed by atoms with Gasteiger partial charge in [0.1, 0.15) is 18.4 Å². The molecule has 3 fully saturated rings. The smallest absolute Gasteiger partial charge is 0.244 e. The van der Waals surface area contributed by atoms with E-state index in [4.69, 9.17) is 0 Å². The van der Waals surface area contributed by atoms with E-state index in [2.05, 4.69) is 68.5 Å². The van der Waals surface area contributed by atoms with Gasteiger partial charge in [-0.3, -0.25) is 4.79 Å². The number of nitrogens with zero attached hydrogens (tertiary/aromatic N) is 2. The molecular weight excluding hydrogens is 500 g/mol. The van der Waals surface area contributed by atoms with Crippen LogP contribution in [0.15, 0.2) is 60.7 Å². The number of Topliss-reactive ketones (excluding diaryl/α,β-unsaturated/α-hetero) is 1. The van der Waals surface area contributed by atoms with E-state index < -0.39 is 0 Å². The lowest BCUT2D eigenvalue weighted by atomic mass is 9.47. The van der Waals surface area contributed by atoms with Gasteiger partial charge in [-0.05, 0) is 91.3 Å². The highest BCUT2D eigenvalue weighted by Crippen LogP contribution is 2.67. The third-order valence-electron chi connectivity index (χ3n) is 12.8. The number of hydrogen-bond donors (Lipinski definition) is 0. The molecule has 0 aliphatic heterocycles. The van der Waals surface area contributed by atoms with E-state index in [1.165, 1.54) is 70.6 Å². The Hall–Kier alpha value is -2.16. The molecule has 1 heterocycles. The third-order valence-corrected chi connectivity index (χ3v) is 12.8. The number of allylic oxidation sites excluding steroid dienone is 2. The van der Waals surface area contributed by atoms with Gasteiger partial charge in [-0.25, -0.2) is 9.13 Å². The van der Waals surface area contributed by atoms with E-state index in [9.17, 15) is 4.79 Å². The van der Waals surface area contributed by atoms with Crippen molar-refractivity contribution in [2.24, 2.45) is 46.3 Å². The first-order valence-corrected chi connectivity index (χ1v) is 17.0. The van der Waals surface area contributed by atoms with Crippen molar-refractivity contribution in [2.45, 2.75) is 118 Å². The summed E-state index contributed by atoms with van der Waals surface area (Å²) in [6.45, 7) is 13.1. The molecule has 222 valence electrons. The maximum Gasteiger partial charge on any atom is 0.244 e. The van der Waals surface area contributed by atoms with Gasteiger partial charge in [0.15, 0.2) is 6.54 Å². The van der Waals surface area contributed by atoms with Gasteiger partial charge in [0.2, 0.25) is 12.1 Å². The summed E-state index contributed by atoms with van der Waals surface area (Å²) in [4.78, 5) is 12.8. The normalized spacial score (nSPS) is 35.4. The highest BCUT2D eigenvalue weighted by molar-refractivity contribution is 5.94. The van der Waals surface area contributed by atoms with Crippen LogP contribution in [-0.2, 0) is 6.54 Å². The molecule has 41 heavy (non-hydrogen) atoms. The molecule has 3 saturated carbocycles. The second-order valence-electron chi connectivity index (χ2n) is 15.5. The van der Waals surface area contributed by atoms with Crippen molar-refractivity contribution < 1.29 is 9.36 Å². The molecule has 0 spiro atoms. The van der Waals surface area contributed by atoms with Crippen molar-refractivity contribution >= 4 is 5.78 Å². The lowest BCUT2D eigenvalue weighted by Gasteiger charge is -2.58. The predicted molar refractivity (Wildman–Crippen MR) is 167 cm³/mol. The topological polar surface area (TPSA) is 25.9 Å². The van der Waals surface area contributed by atoms with Gasteiger partial charge in [-0.2, -0.15) is 0 Å². The van der Waals surface area contributed by atoms with Crippen molar-refractivity contribution in [1.82, 2.24) is 4.57 Å². The number of rotatable bonds is 9. The lowest BCUT2D eigenvalue weighted by Crippen LogP contribution is -2.50. The summed E-state index contributed by atoms with van der Waals surface area (Å²) < 4.78 is 4.46. The molecule has 8 atom stereocenters. The standard InChI is InChI=1S/C38H55N2O/c1-27(2)10-9-11-28(3)33-16-17-34-32-15-14-30-24-31(18-20-37(30,4)35(32)19-21-38(33,34)5)40-23-22-39(26-40)25-36(41)29-12-7-6-8-13-29/h6-8,12-14,22-23,26-28,31-35H,9-11,15-21,24-25H2,1-5H3/q+1/t28-,31-,32+,33-,34+,35+,37+,38-/m1/s1. The summed E-state index contributed by atoms with van der Waals surface area (Å²) in [7, 11) is 0. The second-order valence-corrected chi connectivity index (χ2v) is 15.5. The molecule has 0 saturated heterocycles. The van der Waals surface area contributed by atoms with Crippen molar-refractivity contribution in [2.75, 3.05) is 0 Å². The van der Waals surface area contributed by atoms with Crippen LogP contribution in [0.5, 0.6) is 0 Å². The maximum absolute atomic E-state index is 12.8. The Morgan fingerprint density at radius 3 is 2.59 bits per heavy atom. The predicted octanol–water partition coefficient (Wildman–Crippen LogP) is 9.24. The summed E-state index contributed by atoms with van der Waals surface area (Å²) in [6.07, 6.45) is 24.3. The summed E-state index contributed by atoms with van der Waals surface area (Å²) in [5, 5.41) is 0. The fourth-order valence-corrected chi connectivity index (χ4v) is 10.5. The van der Waals surface area contributed by atoms with Gasteiger partial charge in [0.25, 0.3) is 0 Å². The zero-order valence-electron chi connectivity index (χ0n) is 26.5. The van der Waals surface area contributed by atoms with Crippen molar-refractivity contribution in [3.63, 3.8) is 0 Å². The second kappa shape index (κ2) is 11.5. The van der Waals surface area contributed by atoms with Crippen LogP contribution >= 0.6 is 0 Å². The van der Waals surface area contributed by atoms with Gasteiger partial charge < -0.3 is 0 Å². The number of benzene rings is 1. The number of fused-ring (bicyclic) bond motifs is 5. The quantitative estimate of drug-likeness (QED) is 0.172. The van der Waals surface area contributed by atoms with Crippen LogP contribution in [-0.4, -0.2) is 10.4 Å². The fraction of sp³-hybridized carbons (Fsp3) is 0.684. The summed E-state index contributed by atoms with van der Waals surface area (Å²) in [6, 6.07) is 10.2. The van der Waals surface area contributed by atoms with Crippen LogP contribution in [0.2, 0.25) is 0 Å². The minimum atomic E-state index is 0.175. The van der Waals surface area contributed by atoms with Crippen molar-refractivity contribution in [1.29, 1.82) is 0 Å². The lowest BCUT2D eigenvalue weighted by molar-refractivity contribution is -0.682. The van der Waals surface area contributed by atoms with Crippen LogP contribution in [0, 0.1) is 46.3 Å². The number of aromatic nitrogens is 2. The molecule has 1 aromatic carbocycles. The van der Waals surface area contributed by atoms with Crippen LogP contribution in [0.4, 0.5) is 0 Å². The Balaban J connectivity index is 1.12. The first-order chi connectivity index (χ1) is 19.7. The maximum atomic E-state index is 12.8. The highest BCUT2D eigenvalue weighted by atomic mass is 16.1. The molecule has 0 amide bonds. The van der Waals surface area contributed by atoms with Crippen LogP contribution < -0.4 is 4.57 Å².